The zero-order chi connectivity index (χ0) is 15.1. The predicted molar refractivity (Wildman–Crippen MR) is 74.4 cm³/mol. The molecule has 1 amide bonds. The van der Waals surface area contributed by atoms with Gasteiger partial charge in [0.1, 0.15) is 0 Å². The van der Waals surface area contributed by atoms with E-state index in [9.17, 15) is 19.7 Å². The lowest BCUT2D eigenvalue weighted by molar-refractivity contribution is -0.384. The van der Waals surface area contributed by atoms with Crippen molar-refractivity contribution in [3.63, 3.8) is 0 Å². The van der Waals surface area contributed by atoms with Gasteiger partial charge in [-0.1, -0.05) is 0 Å². The first-order valence-corrected chi connectivity index (χ1v) is 6.62. The number of nitro benzene ring substituents is 1. The molecule has 0 radical (unpaired) electrons. The average molecular weight is 345 g/mol. The van der Waals surface area contributed by atoms with E-state index in [1.54, 1.807) is 6.92 Å². The van der Waals surface area contributed by atoms with Gasteiger partial charge in [-0.05, 0) is 28.9 Å². The van der Waals surface area contributed by atoms with Crippen LogP contribution in [0.15, 0.2) is 22.7 Å². The molecule has 1 rings (SSSR count). The van der Waals surface area contributed by atoms with Crippen molar-refractivity contribution in [3.05, 3.63) is 38.3 Å². The molecule has 1 aromatic carbocycles. The molecule has 0 aromatic heterocycles. The van der Waals surface area contributed by atoms with E-state index in [1.807, 2.05) is 0 Å². The minimum absolute atomic E-state index is 0.0477. The van der Waals surface area contributed by atoms with Crippen LogP contribution in [0.4, 0.5) is 5.69 Å². The molecular weight excluding hydrogens is 332 g/mol. The minimum Gasteiger partial charge on any atom is -0.466 e. The van der Waals surface area contributed by atoms with Gasteiger partial charge in [-0.15, -0.1) is 0 Å². The lowest BCUT2D eigenvalue weighted by Gasteiger charge is -2.06. The van der Waals surface area contributed by atoms with Gasteiger partial charge >= 0.3 is 5.97 Å². The summed E-state index contributed by atoms with van der Waals surface area (Å²) in [5.41, 5.74) is -0.0354. The van der Waals surface area contributed by atoms with Crippen LogP contribution in [-0.4, -0.2) is 30.0 Å². The van der Waals surface area contributed by atoms with E-state index in [0.29, 0.717) is 4.47 Å². The molecule has 0 saturated carbocycles. The largest absolute Gasteiger partial charge is 0.466 e. The Morgan fingerprint density at radius 1 is 1.45 bits per heavy atom. The van der Waals surface area contributed by atoms with Crippen LogP contribution >= 0.6 is 15.9 Å². The van der Waals surface area contributed by atoms with Gasteiger partial charge in [-0.2, -0.15) is 0 Å². The second kappa shape index (κ2) is 7.59. The molecule has 0 heterocycles. The van der Waals surface area contributed by atoms with Crippen molar-refractivity contribution >= 4 is 33.5 Å². The third kappa shape index (κ3) is 4.61. The van der Waals surface area contributed by atoms with Gasteiger partial charge in [-0.3, -0.25) is 19.7 Å². The summed E-state index contributed by atoms with van der Waals surface area (Å²) < 4.78 is 5.16. The highest BCUT2D eigenvalue weighted by Gasteiger charge is 2.15. The molecule has 0 atom stereocenters. The van der Waals surface area contributed by atoms with Crippen molar-refractivity contribution in [2.75, 3.05) is 13.2 Å². The number of rotatable bonds is 6. The third-order valence-electron chi connectivity index (χ3n) is 2.33. The Labute approximate surface area is 123 Å². The fraction of sp³-hybridized carbons (Fsp3) is 0.333. The SMILES string of the molecule is CCOC(=O)CCNC(=O)c1cc([N+](=O)[O-])ccc1Br. The van der Waals surface area contributed by atoms with Crippen molar-refractivity contribution in [2.45, 2.75) is 13.3 Å². The van der Waals surface area contributed by atoms with Gasteiger partial charge in [0, 0.05) is 23.2 Å². The standard InChI is InChI=1S/C12H13BrN2O5/c1-2-20-11(16)5-6-14-12(17)9-7-8(15(18)19)3-4-10(9)13/h3-4,7H,2,5-6H2,1H3,(H,14,17). The first kappa shape index (κ1) is 16.1. The highest BCUT2D eigenvalue weighted by atomic mass is 79.9. The molecule has 0 saturated heterocycles. The van der Waals surface area contributed by atoms with E-state index >= 15 is 0 Å². The molecular formula is C12H13BrN2O5. The lowest BCUT2D eigenvalue weighted by Crippen LogP contribution is -2.26. The number of nitrogens with one attached hydrogen (secondary N) is 1. The zero-order valence-electron chi connectivity index (χ0n) is 10.7. The molecule has 0 unspecified atom stereocenters. The summed E-state index contributed by atoms with van der Waals surface area (Å²) in [5.74, 6) is -0.907. The van der Waals surface area contributed by atoms with Gasteiger partial charge in [0.15, 0.2) is 0 Å². The first-order valence-electron chi connectivity index (χ1n) is 5.83. The molecule has 0 bridgehead atoms. The molecule has 20 heavy (non-hydrogen) atoms. The van der Waals surface area contributed by atoms with Crippen LogP contribution in [0.5, 0.6) is 0 Å². The Morgan fingerprint density at radius 3 is 2.75 bits per heavy atom. The topological polar surface area (TPSA) is 98.5 Å². The number of benzene rings is 1. The molecule has 0 aliphatic carbocycles. The molecule has 0 spiro atoms. The van der Waals surface area contributed by atoms with Crippen LogP contribution < -0.4 is 5.32 Å². The summed E-state index contributed by atoms with van der Waals surface area (Å²) in [7, 11) is 0. The fourth-order valence-corrected chi connectivity index (χ4v) is 1.83. The maximum absolute atomic E-state index is 11.9. The van der Waals surface area contributed by atoms with Crippen LogP contribution in [-0.2, 0) is 9.53 Å². The Balaban J connectivity index is 2.65. The van der Waals surface area contributed by atoms with Crippen molar-refractivity contribution in [1.82, 2.24) is 5.32 Å². The highest BCUT2D eigenvalue weighted by Crippen LogP contribution is 2.22. The molecule has 108 valence electrons. The molecule has 8 heteroatoms. The van der Waals surface area contributed by atoms with E-state index in [-0.39, 0.29) is 30.8 Å². The number of amides is 1. The summed E-state index contributed by atoms with van der Waals surface area (Å²) in [4.78, 5) is 33.0. The first-order chi connectivity index (χ1) is 9.45. The lowest BCUT2D eigenvalue weighted by atomic mass is 10.2. The molecule has 7 nitrogen and oxygen atoms in total. The van der Waals surface area contributed by atoms with Crippen molar-refractivity contribution < 1.29 is 19.2 Å². The van der Waals surface area contributed by atoms with Gasteiger partial charge in [0.05, 0.1) is 23.5 Å². The number of esters is 1. The number of hydrogen-bond donors (Lipinski definition) is 1. The number of halogens is 1. The number of carbonyl (C=O) groups excluding carboxylic acids is 2. The summed E-state index contributed by atoms with van der Waals surface area (Å²) in [6.45, 7) is 2.08. The van der Waals surface area contributed by atoms with E-state index in [1.165, 1.54) is 18.2 Å². The van der Waals surface area contributed by atoms with Crippen LogP contribution in [0.1, 0.15) is 23.7 Å². The molecule has 1 aromatic rings. The molecule has 0 aliphatic heterocycles. The number of carbonyl (C=O) groups is 2. The van der Waals surface area contributed by atoms with Crippen molar-refractivity contribution in [3.8, 4) is 0 Å². The Morgan fingerprint density at radius 2 is 2.15 bits per heavy atom. The summed E-state index contributed by atoms with van der Waals surface area (Å²) in [6.07, 6.45) is 0.0477. The van der Waals surface area contributed by atoms with Gasteiger partial charge in [0.2, 0.25) is 0 Å². The Bertz CT molecular complexity index is 533. The van der Waals surface area contributed by atoms with Crippen molar-refractivity contribution in [1.29, 1.82) is 0 Å². The van der Waals surface area contributed by atoms with Crippen LogP contribution in [0.25, 0.3) is 0 Å². The Kier molecular flexibility index (Phi) is 6.10. The van der Waals surface area contributed by atoms with Gasteiger partial charge in [-0.25, -0.2) is 0 Å². The summed E-state index contributed by atoms with van der Waals surface area (Å²) in [6, 6.07) is 3.89. The van der Waals surface area contributed by atoms with Crippen LogP contribution in [0, 0.1) is 10.1 Å². The molecule has 0 fully saturated rings. The number of non-ortho nitro benzene ring substituents is 1. The zero-order valence-corrected chi connectivity index (χ0v) is 12.3. The monoisotopic (exact) mass is 344 g/mol. The van der Waals surface area contributed by atoms with E-state index < -0.39 is 16.8 Å². The van der Waals surface area contributed by atoms with Crippen molar-refractivity contribution in [2.24, 2.45) is 0 Å². The smallest absolute Gasteiger partial charge is 0.307 e. The average Bonchev–Trinajstić information content (AvgIpc) is 2.39. The third-order valence-corrected chi connectivity index (χ3v) is 3.02. The molecule has 1 N–H and O–H groups in total. The maximum Gasteiger partial charge on any atom is 0.307 e. The maximum atomic E-state index is 11.9. The number of ether oxygens (including phenoxy) is 1. The summed E-state index contributed by atoms with van der Waals surface area (Å²) in [5, 5.41) is 13.2. The highest BCUT2D eigenvalue weighted by molar-refractivity contribution is 9.10. The second-order valence-corrected chi connectivity index (χ2v) is 4.59. The number of nitrogens with zero attached hydrogens (tertiary/aromatic N) is 1. The van der Waals surface area contributed by atoms with Crippen LogP contribution in [0.3, 0.4) is 0 Å². The van der Waals surface area contributed by atoms with Crippen LogP contribution in [0.2, 0.25) is 0 Å². The van der Waals surface area contributed by atoms with Gasteiger partial charge < -0.3 is 10.1 Å². The normalized spacial score (nSPS) is 9.90. The fourth-order valence-electron chi connectivity index (χ4n) is 1.41. The Hall–Kier alpha value is -1.96. The predicted octanol–water partition coefficient (Wildman–Crippen LogP) is 2.04. The van der Waals surface area contributed by atoms with E-state index in [4.69, 9.17) is 4.74 Å². The second-order valence-electron chi connectivity index (χ2n) is 3.73. The summed E-state index contributed by atoms with van der Waals surface area (Å²) >= 11 is 3.15. The van der Waals surface area contributed by atoms with E-state index in [2.05, 4.69) is 21.2 Å². The van der Waals surface area contributed by atoms with Gasteiger partial charge in [0.25, 0.3) is 11.6 Å². The number of hydrogen-bond acceptors (Lipinski definition) is 5. The van der Waals surface area contributed by atoms with E-state index in [0.717, 1.165) is 0 Å². The minimum atomic E-state index is -0.582. The number of nitro groups is 1. The molecule has 0 aliphatic rings. The quantitative estimate of drug-likeness (QED) is 0.483.